The molecule has 0 fully saturated rings. The van der Waals surface area contributed by atoms with Gasteiger partial charge in [-0.15, -0.1) is 0 Å². The Hall–Kier alpha value is -0.150. The van der Waals surface area contributed by atoms with E-state index in [1.807, 2.05) is 13.8 Å². The second kappa shape index (κ2) is 10.8. The summed E-state index contributed by atoms with van der Waals surface area (Å²) in [5, 5.41) is 8.36. The van der Waals surface area contributed by atoms with Crippen molar-refractivity contribution in [2.45, 2.75) is 20.0 Å². The van der Waals surface area contributed by atoms with Gasteiger partial charge in [0.1, 0.15) is 12.8 Å². The Morgan fingerprint density at radius 1 is 1.56 bits per heavy atom. The van der Waals surface area contributed by atoms with Crippen LogP contribution in [0.15, 0.2) is 0 Å². The minimum Gasteiger partial charge on any atom is -0.388 e. The van der Waals surface area contributed by atoms with E-state index in [0.717, 1.165) is 0 Å². The summed E-state index contributed by atoms with van der Waals surface area (Å²) < 4.78 is 15.6. The van der Waals surface area contributed by atoms with Gasteiger partial charge in [-0.05, 0) is 0 Å². The maximum absolute atomic E-state index is 11.2. The van der Waals surface area contributed by atoms with Crippen molar-refractivity contribution < 1.29 is 14.2 Å². The van der Waals surface area contributed by atoms with Crippen LogP contribution in [-0.4, -0.2) is 31.6 Å². The van der Waals surface area contributed by atoms with Crippen molar-refractivity contribution in [3.63, 3.8) is 0 Å². The molecule has 9 heavy (non-hydrogen) atoms. The van der Waals surface area contributed by atoms with Gasteiger partial charge in [-0.25, -0.2) is 4.39 Å². The third-order valence-electron chi connectivity index (χ3n) is 0.537. The highest BCUT2D eigenvalue weighted by atomic mass is 19.1. The normalized spacial score (nSPS) is 11.7. The van der Waals surface area contributed by atoms with Crippen molar-refractivity contribution in [2.24, 2.45) is 0 Å². The molecule has 0 aromatic carbocycles. The second-order valence-corrected chi connectivity index (χ2v) is 1.26. The van der Waals surface area contributed by atoms with Gasteiger partial charge in [0.15, 0.2) is 0 Å². The maximum Gasteiger partial charge on any atom is 0.118 e. The van der Waals surface area contributed by atoms with Crippen LogP contribution >= 0.6 is 0 Å². The van der Waals surface area contributed by atoms with E-state index in [-0.39, 0.29) is 6.61 Å². The lowest BCUT2D eigenvalue weighted by molar-refractivity contribution is 0.0482. The van der Waals surface area contributed by atoms with Gasteiger partial charge in [0.25, 0.3) is 0 Å². The lowest BCUT2D eigenvalue weighted by Gasteiger charge is -2.00. The number of aliphatic hydroxyl groups is 1. The van der Waals surface area contributed by atoms with E-state index in [9.17, 15) is 4.39 Å². The van der Waals surface area contributed by atoms with Crippen LogP contribution in [0.1, 0.15) is 13.8 Å². The van der Waals surface area contributed by atoms with Gasteiger partial charge >= 0.3 is 0 Å². The minimum atomic E-state index is -0.940. The van der Waals surface area contributed by atoms with Crippen LogP contribution in [0.4, 0.5) is 4.39 Å². The van der Waals surface area contributed by atoms with Gasteiger partial charge < -0.3 is 9.84 Å². The summed E-state index contributed by atoms with van der Waals surface area (Å²) in [5.41, 5.74) is 0. The molecule has 0 amide bonds. The minimum absolute atomic E-state index is 0.0799. The fourth-order valence-corrected chi connectivity index (χ4v) is 0.237. The number of halogens is 1. The Morgan fingerprint density at radius 2 is 2.00 bits per heavy atom. The Bertz CT molecular complexity index is 42.0. The fourth-order valence-electron chi connectivity index (χ4n) is 0.237. The first-order valence-corrected chi connectivity index (χ1v) is 3.04. The number of hydrogen-bond acceptors (Lipinski definition) is 2. The molecule has 0 saturated carbocycles. The van der Waals surface area contributed by atoms with Crippen LogP contribution in [0.2, 0.25) is 0 Å². The lowest BCUT2D eigenvalue weighted by atomic mass is 10.4. The molecular formula is C6H15FO2. The van der Waals surface area contributed by atoms with E-state index in [0.29, 0.717) is 0 Å². The number of methoxy groups -OCH3 is 1. The highest BCUT2D eigenvalue weighted by molar-refractivity contribution is 4.46. The molecule has 0 aliphatic rings. The summed E-state index contributed by atoms with van der Waals surface area (Å²) in [4.78, 5) is 0. The van der Waals surface area contributed by atoms with Crippen molar-refractivity contribution in [2.75, 3.05) is 20.4 Å². The number of ether oxygens (including phenoxy) is 1. The zero-order valence-corrected chi connectivity index (χ0v) is 6.22. The highest BCUT2D eigenvalue weighted by Crippen LogP contribution is 1.82. The molecular weight excluding hydrogens is 123 g/mol. The molecule has 0 aromatic rings. The number of rotatable bonds is 3. The third kappa shape index (κ3) is 11.4. The Labute approximate surface area is 55.6 Å². The third-order valence-corrected chi connectivity index (χ3v) is 0.537. The van der Waals surface area contributed by atoms with Crippen molar-refractivity contribution in [3.05, 3.63) is 0 Å². The highest BCUT2D eigenvalue weighted by Gasteiger charge is 1.98. The Balaban J connectivity index is 0. The molecule has 0 aliphatic carbocycles. The number of hydrogen-bond donors (Lipinski definition) is 1. The summed E-state index contributed by atoms with van der Waals surface area (Å²) in [5.74, 6) is 0. The zero-order valence-electron chi connectivity index (χ0n) is 6.22. The van der Waals surface area contributed by atoms with Crippen LogP contribution < -0.4 is 0 Å². The van der Waals surface area contributed by atoms with E-state index in [2.05, 4.69) is 4.74 Å². The Morgan fingerprint density at radius 3 is 2.11 bits per heavy atom. The average molecular weight is 138 g/mol. The topological polar surface area (TPSA) is 29.5 Å². The smallest absolute Gasteiger partial charge is 0.118 e. The first-order chi connectivity index (χ1) is 4.31. The molecule has 58 valence electrons. The zero-order chi connectivity index (χ0) is 7.70. The molecule has 1 atom stereocenters. The van der Waals surface area contributed by atoms with Gasteiger partial charge in [-0.2, -0.15) is 0 Å². The molecule has 1 N–H and O–H groups in total. The van der Waals surface area contributed by atoms with Crippen LogP contribution in [0, 0.1) is 0 Å². The summed E-state index contributed by atoms with van der Waals surface area (Å²) in [7, 11) is 1.42. The quantitative estimate of drug-likeness (QED) is 0.630. The van der Waals surface area contributed by atoms with Gasteiger partial charge in [0.2, 0.25) is 0 Å². The molecule has 0 aliphatic heterocycles. The molecule has 0 spiro atoms. The van der Waals surface area contributed by atoms with E-state index in [1.54, 1.807) is 0 Å². The first-order valence-electron chi connectivity index (χ1n) is 3.04. The molecule has 3 heteroatoms. The van der Waals surface area contributed by atoms with Crippen molar-refractivity contribution in [3.8, 4) is 0 Å². The van der Waals surface area contributed by atoms with E-state index < -0.39 is 12.8 Å². The summed E-state index contributed by atoms with van der Waals surface area (Å²) in [6.45, 7) is 3.35. The SMILES string of the molecule is CC.COCC(O)CF. The number of aliphatic hydroxyl groups excluding tert-OH is 1. The predicted octanol–water partition coefficient (Wildman–Crippen LogP) is 0.989. The molecule has 0 heterocycles. The monoisotopic (exact) mass is 138 g/mol. The lowest BCUT2D eigenvalue weighted by Crippen LogP contribution is -2.15. The van der Waals surface area contributed by atoms with Gasteiger partial charge in [0.05, 0.1) is 6.61 Å². The van der Waals surface area contributed by atoms with Crippen molar-refractivity contribution in [1.82, 2.24) is 0 Å². The van der Waals surface area contributed by atoms with Gasteiger partial charge in [0, 0.05) is 7.11 Å². The molecule has 2 nitrogen and oxygen atoms in total. The summed E-state index contributed by atoms with van der Waals surface area (Å²) >= 11 is 0. The molecule has 1 unspecified atom stereocenters. The Kier molecular flexibility index (Phi) is 13.9. The van der Waals surface area contributed by atoms with E-state index >= 15 is 0 Å². The summed E-state index contributed by atoms with van der Waals surface area (Å²) in [6.07, 6.45) is -0.940. The maximum atomic E-state index is 11.2. The number of alkyl halides is 1. The van der Waals surface area contributed by atoms with Gasteiger partial charge in [-0.3, -0.25) is 0 Å². The molecule has 0 saturated heterocycles. The largest absolute Gasteiger partial charge is 0.388 e. The molecule has 0 radical (unpaired) electrons. The first kappa shape index (κ1) is 11.6. The molecule has 0 rings (SSSR count). The predicted molar refractivity (Wildman–Crippen MR) is 35.2 cm³/mol. The van der Waals surface area contributed by atoms with Crippen LogP contribution in [-0.2, 0) is 4.74 Å². The van der Waals surface area contributed by atoms with Gasteiger partial charge in [-0.1, -0.05) is 13.8 Å². The molecule has 0 aromatic heterocycles. The standard InChI is InChI=1S/C4H9FO2.C2H6/c1-7-3-4(6)2-5;1-2/h4,6H,2-3H2,1H3;1-2H3. The van der Waals surface area contributed by atoms with Crippen molar-refractivity contribution in [1.29, 1.82) is 0 Å². The van der Waals surface area contributed by atoms with Crippen molar-refractivity contribution >= 4 is 0 Å². The van der Waals surface area contributed by atoms with Crippen LogP contribution in [0.3, 0.4) is 0 Å². The second-order valence-electron chi connectivity index (χ2n) is 1.26. The van der Waals surface area contributed by atoms with E-state index in [1.165, 1.54) is 7.11 Å². The van der Waals surface area contributed by atoms with Crippen LogP contribution in [0.5, 0.6) is 0 Å². The van der Waals surface area contributed by atoms with E-state index in [4.69, 9.17) is 5.11 Å². The van der Waals surface area contributed by atoms with Crippen LogP contribution in [0.25, 0.3) is 0 Å². The molecule has 0 bridgehead atoms. The fraction of sp³-hybridized carbons (Fsp3) is 1.00. The average Bonchev–Trinajstić information content (AvgIpc) is 1.93. The summed E-state index contributed by atoms with van der Waals surface area (Å²) in [6, 6.07) is 0.